The molecule has 4 nitrogen and oxygen atoms in total. The molecule has 2 amide bonds. The Labute approximate surface area is 189 Å². The van der Waals surface area contributed by atoms with Crippen LogP contribution in [-0.2, 0) is 17.8 Å². The number of fused-ring (bicyclic) bond motifs is 1. The van der Waals surface area contributed by atoms with Crippen molar-refractivity contribution in [2.45, 2.75) is 25.8 Å². The molecule has 2 heterocycles. The van der Waals surface area contributed by atoms with Crippen LogP contribution in [0.1, 0.15) is 34.3 Å². The van der Waals surface area contributed by atoms with Crippen LogP contribution in [0.3, 0.4) is 0 Å². The van der Waals surface area contributed by atoms with Gasteiger partial charge in [0, 0.05) is 37.7 Å². The van der Waals surface area contributed by atoms with E-state index in [4.69, 9.17) is 0 Å². The van der Waals surface area contributed by atoms with E-state index in [0.717, 1.165) is 36.9 Å². The summed E-state index contributed by atoms with van der Waals surface area (Å²) in [5.74, 6) is 0.325. The zero-order chi connectivity index (χ0) is 21.9. The first-order valence-corrected chi connectivity index (χ1v) is 11.5. The standard InChI is InChI=1S/C28H28N2O2/c31-27(24-12-10-23(11-13-24)21-6-2-1-3-7-21)29-17-15-25(16-18-29)28(32)30-19-14-22-8-4-5-9-26(22)20-30/h1-13,25H,14-20H2. The number of carbonyl (C=O) groups is 2. The van der Waals surface area contributed by atoms with E-state index in [0.29, 0.717) is 25.2 Å². The Morgan fingerprint density at radius 1 is 0.656 bits per heavy atom. The third-order valence-electron chi connectivity index (χ3n) is 6.81. The van der Waals surface area contributed by atoms with Gasteiger partial charge in [-0.15, -0.1) is 0 Å². The van der Waals surface area contributed by atoms with E-state index in [1.807, 2.05) is 58.3 Å². The molecule has 1 fully saturated rings. The largest absolute Gasteiger partial charge is 0.339 e. The van der Waals surface area contributed by atoms with Gasteiger partial charge < -0.3 is 9.80 Å². The van der Waals surface area contributed by atoms with Gasteiger partial charge in [-0.05, 0) is 53.6 Å². The van der Waals surface area contributed by atoms with Crippen molar-refractivity contribution >= 4 is 11.8 Å². The zero-order valence-corrected chi connectivity index (χ0v) is 18.2. The van der Waals surface area contributed by atoms with E-state index in [9.17, 15) is 9.59 Å². The lowest BCUT2D eigenvalue weighted by Gasteiger charge is -2.36. The number of likely N-dealkylation sites (tertiary alicyclic amines) is 1. The molecule has 3 aromatic rings. The second-order valence-corrected chi connectivity index (χ2v) is 8.79. The highest BCUT2D eigenvalue weighted by Crippen LogP contribution is 2.26. The monoisotopic (exact) mass is 424 g/mol. The van der Waals surface area contributed by atoms with E-state index in [-0.39, 0.29) is 17.7 Å². The third-order valence-corrected chi connectivity index (χ3v) is 6.81. The summed E-state index contributed by atoms with van der Waals surface area (Å²) in [6.45, 7) is 2.78. The van der Waals surface area contributed by atoms with Gasteiger partial charge in [-0.3, -0.25) is 9.59 Å². The summed E-state index contributed by atoms with van der Waals surface area (Å²) in [4.78, 5) is 30.0. The Kier molecular flexibility index (Phi) is 5.76. The van der Waals surface area contributed by atoms with Gasteiger partial charge >= 0.3 is 0 Å². The number of amides is 2. The normalized spacial score (nSPS) is 16.5. The molecule has 2 aliphatic rings. The summed E-state index contributed by atoms with van der Waals surface area (Å²) in [6.07, 6.45) is 2.41. The highest BCUT2D eigenvalue weighted by molar-refractivity contribution is 5.95. The van der Waals surface area contributed by atoms with Crippen LogP contribution in [0.25, 0.3) is 11.1 Å². The molecule has 0 N–H and O–H groups in total. The van der Waals surface area contributed by atoms with E-state index in [2.05, 4.69) is 30.3 Å². The fourth-order valence-electron chi connectivity index (χ4n) is 4.89. The molecular formula is C28H28N2O2. The molecule has 0 unspecified atom stereocenters. The van der Waals surface area contributed by atoms with Crippen LogP contribution in [0.5, 0.6) is 0 Å². The summed E-state index contributed by atoms with van der Waals surface area (Å²) in [5, 5.41) is 0. The predicted octanol–water partition coefficient (Wildman–Crippen LogP) is 4.79. The van der Waals surface area contributed by atoms with Gasteiger partial charge in [-0.1, -0.05) is 66.7 Å². The minimum absolute atomic E-state index is 0.0183. The van der Waals surface area contributed by atoms with Crippen LogP contribution in [0.4, 0.5) is 0 Å². The maximum absolute atomic E-state index is 13.1. The Morgan fingerprint density at radius 3 is 2.00 bits per heavy atom. The fraction of sp³-hybridized carbons (Fsp3) is 0.286. The van der Waals surface area contributed by atoms with Crippen molar-refractivity contribution in [2.24, 2.45) is 5.92 Å². The molecule has 0 bridgehead atoms. The summed E-state index contributed by atoms with van der Waals surface area (Å²) in [5.41, 5.74) is 5.58. The van der Waals surface area contributed by atoms with Crippen LogP contribution >= 0.6 is 0 Å². The number of rotatable bonds is 3. The van der Waals surface area contributed by atoms with E-state index in [1.54, 1.807) is 0 Å². The summed E-state index contributed by atoms with van der Waals surface area (Å²) >= 11 is 0. The van der Waals surface area contributed by atoms with Gasteiger partial charge in [0.15, 0.2) is 0 Å². The molecule has 1 saturated heterocycles. The number of benzene rings is 3. The van der Waals surface area contributed by atoms with Gasteiger partial charge in [0.2, 0.25) is 5.91 Å². The lowest BCUT2D eigenvalue weighted by Crippen LogP contribution is -2.45. The van der Waals surface area contributed by atoms with E-state index in [1.165, 1.54) is 11.1 Å². The average molecular weight is 425 g/mol. The van der Waals surface area contributed by atoms with Crippen LogP contribution in [0, 0.1) is 5.92 Å². The SMILES string of the molecule is O=C(c1ccc(-c2ccccc2)cc1)N1CCC(C(=O)N2CCc3ccccc3C2)CC1. The lowest BCUT2D eigenvalue weighted by molar-refractivity contribution is -0.137. The van der Waals surface area contributed by atoms with Crippen molar-refractivity contribution in [1.29, 1.82) is 0 Å². The van der Waals surface area contributed by atoms with Crippen molar-refractivity contribution < 1.29 is 9.59 Å². The summed E-state index contributed by atoms with van der Waals surface area (Å²) in [7, 11) is 0. The molecule has 0 atom stereocenters. The first kappa shape index (κ1) is 20.5. The van der Waals surface area contributed by atoms with Crippen LogP contribution in [0.2, 0.25) is 0 Å². The Hall–Kier alpha value is -3.40. The van der Waals surface area contributed by atoms with Crippen molar-refractivity contribution in [3.05, 3.63) is 95.6 Å². The molecule has 162 valence electrons. The number of nitrogens with zero attached hydrogens (tertiary/aromatic N) is 2. The van der Waals surface area contributed by atoms with Gasteiger partial charge in [0.1, 0.15) is 0 Å². The summed E-state index contributed by atoms with van der Waals surface area (Å²) in [6, 6.07) is 26.4. The summed E-state index contributed by atoms with van der Waals surface area (Å²) < 4.78 is 0. The van der Waals surface area contributed by atoms with Gasteiger partial charge in [-0.2, -0.15) is 0 Å². The van der Waals surface area contributed by atoms with Crippen molar-refractivity contribution in [1.82, 2.24) is 9.80 Å². The Bertz CT molecular complexity index is 1100. The van der Waals surface area contributed by atoms with E-state index >= 15 is 0 Å². The number of hydrogen-bond donors (Lipinski definition) is 0. The topological polar surface area (TPSA) is 40.6 Å². The lowest BCUT2D eigenvalue weighted by atomic mass is 9.92. The molecule has 0 aromatic heterocycles. The number of carbonyl (C=O) groups excluding carboxylic acids is 2. The van der Waals surface area contributed by atoms with Crippen LogP contribution < -0.4 is 0 Å². The van der Waals surface area contributed by atoms with Gasteiger partial charge in [0.25, 0.3) is 5.91 Å². The minimum Gasteiger partial charge on any atom is -0.339 e. The third kappa shape index (κ3) is 4.18. The molecule has 32 heavy (non-hydrogen) atoms. The smallest absolute Gasteiger partial charge is 0.253 e. The van der Waals surface area contributed by atoms with Crippen molar-refractivity contribution in [3.63, 3.8) is 0 Å². The average Bonchev–Trinajstić information content (AvgIpc) is 2.88. The van der Waals surface area contributed by atoms with Gasteiger partial charge in [0.05, 0.1) is 0 Å². The van der Waals surface area contributed by atoms with Crippen molar-refractivity contribution in [3.8, 4) is 11.1 Å². The predicted molar refractivity (Wildman–Crippen MR) is 126 cm³/mol. The van der Waals surface area contributed by atoms with E-state index < -0.39 is 0 Å². The second kappa shape index (κ2) is 8.99. The van der Waals surface area contributed by atoms with Crippen LogP contribution in [0.15, 0.2) is 78.9 Å². The highest BCUT2D eigenvalue weighted by Gasteiger charge is 2.31. The number of piperidine rings is 1. The van der Waals surface area contributed by atoms with Crippen molar-refractivity contribution in [2.75, 3.05) is 19.6 Å². The number of hydrogen-bond acceptors (Lipinski definition) is 2. The molecular weight excluding hydrogens is 396 g/mol. The molecule has 0 aliphatic carbocycles. The molecule has 5 rings (SSSR count). The van der Waals surface area contributed by atoms with Crippen LogP contribution in [-0.4, -0.2) is 41.2 Å². The first-order chi connectivity index (χ1) is 15.7. The molecule has 3 aromatic carbocycles. The van der Waals surface area contributed by atoms with Gasteiger partial charge in [-0.25, -0.2) is 0 Å². The molecule has 0 saturated carbocycles. The molecule has 4 heteroatoms. The second-order valence-electron chi connectivity index (χ2n) is 8.79. The highest BCUT2D eigenvalue weighted by atomic mass is 16.2. The molecule has 0 radical (unpaired) electrons. The quantitative estimate of drug-likeness (QED) is 0.607. The minimum atomic E-state index is 0.0183. The molecule has 2 aliphatic heterocycles. The maximum Gasteiger partial charge on any atom is 0.253 e. The Morgan fingerprint density at radius 2 is 1.28 bits per heavy atom. The molecule has 0 spiro atoms. The Balaban J connectivity index is 1.18. The zero-order valence-electron chi connectivity index (χ0n) is 18.2. The maximum atomic E-state index is 13.1. The fourth-order valence-corrected chi connectivity index (χ4v) is 4.89. The first-order valence-electron chi connectivity index (χ1n) is 11.5.